The van der Waals surface area contributed by atoms with E-state index in [0.29, 0.717) is 0 Å². The first kappa shape index (κ1) is 33.1. The second kappa shape index (κ2) is 13.4. The Morgan fingerprint density at radius 2 is 1.98 bits per heavy atom. The number of ether oxygens (including phenoxy) is 2. The molecule has 4 atom stereocenters. The van der Waals surface area contributed by atoms with Gasteiger partial charge in [0.1, 0.15) is 18.5 Å². The maximum absolute atomic E-state index is 14.2. The molecule has 4 heterocycles. The van der Waals surface area contributed by atoms with E-state index in [1.165, 1.54) is 15.3 Å². The van der Waals surface area contributed by atoms with Crippen molar-refractivity contribution >= 4 is 23.4 Å². The number of carbonyl (C=O) groups excluding carboxylic acids is 1. The van der Waals surface area contributed by atoms with Crippen molar-refractivity contribution < 1.29 is 14.3 Å². The van der Waals surface area contributed by atoms with E-state index in [0.717, 1.165) is 61.0 Å². The Morgan fingerprint density at radius 3 is 2.72 bits per heavy atom. The topological polar surface area (TPSA) is 82.4 Å². The number of pyridine rings is 1. The maximum Gasteiger partial charge on any atom is 0.312 e. The van der Waals surface area contributed by atoms with Crippen LogP contribution in [0.15, 0.2) is 60.8 Å². The summed E-state index contributed by atoms with van der Waals surface area (Å²) in [5.74, 6) is 0.517. The van der Waals surface area contributed by atoms with Gasteiger partial charge in [-0.1, -0.05) is 62.4 Å². The number of esters is 1. The zero-order valence-corrected chi connectivity index (χ0v) is 29.5. The standard InChI is InChI=1S/C38H47N5O3S/c1-8-29-22-42(23-30-32(46-29)16-13-19-39-30)21-28-20-33(47-26(28)4)35(37(5,6)36(44)45-24-27-14-11-10-12-15-27)38(7)18-17-31-34(25(38)3)40-41-43(31)9-2/h10-20,25,29,35H,8-9,21-24H2,1-7H3/t25?,29-,35-,38?/m1/s1. The van der Waals surface area contributed by atoms with Gasteiger partial charge < -0.3 is 9.47 Å². The number of benzene rings is 1. The average molecular weight is 654 g/mol. The molecule has 2 aliphatic rings. The third kappa shape index (κ3) is 6.40. The quantitative estimate of drug-likeness (QED) is 0.161. The molecule has 3 aromatic heterocycles. The molecule has 8 nitrogen and oxygen atoms in total. The molecule has 248 valence electrons. The average Bonchev–Trinajstić information content (AvgIpc) is 3.59. The molecule has 4 aromatic rings. The number of rotatable bonds is 10. The molecule has 1 aliphatic heterocycles. The monoisotopic (exact) mass is 653 g/mol. The first-order valence-corrected chi connectivity index (χ1v) is 17.6. The van der Waals surface area contributed by atoms with Crippen LogP contribution in [0, 0.1) is 17.8 Å². The van der Waals surface area contributed by atoms with E-state index < -0.39 is 10.8 Å². The molecule has 0 fully saturated rings. The first-order valence-electron chi connectivity index (χ1n) is 16.8. The molecule has 9 heteroatoms. The molecule has 0 N–H and O–H groups in total. The van der Waals surface area contributed by atoms with Crippen molar-refractivity contribution in [3.63, 3.8) is 0 Å². The lowest BCUT2D eigenvalue weighted by molar-refractivity contribution is -0.158. The highest BCUT2D eigenvalue weighted by atomic mass is 32.1. The summed E-state index contributed by atoms with van der Waals surface area (Å²) in [6.45, 7) is 18.4. The second-order valence-electron chi connectivity index (χ2n) is 13.8. The van der Waals surface area contributed by atoms with Gasteiger partial charge in [-0.3, -0.25) is 14.7 Å². The van der Waals surface area contributed by atoms with Crippen LogP contribution < -0.4 is 4.74 Å². The van der Waals surface area contributed by atoms with Gasteiger partial charge >= 0.3 is 5.97 Å². The van der Waals surface area contributed by atoms with Crippen molar-refractivity contribution in [2.24, 2.45) is 10.8 Å². The lowest BCUT2D eigenvalue weighted by atomic mass is 9.56. The maximum atomic E-state index is 14.2. The van der Waals surface area contributed by atoms with Crippen LogP contribution in [-0.2, 0) is 35.8 Å². The van der Waals surface area contributed by atoms with Crippen LogP contribution in [0.3, 0.4) is 0 Å². The number of allylic oxidation sites excluding steroid dienone is 1. The van der Waals surface area contributed by atoms with E-state index in [4.69, 9.17) is 9.47 Å². The molecule has 0 saturated heterocycles. The van der Waals surface area contributed by atoms with Crippen molar-refractivity contribution in [1.29, 1.82) is 0 Å². The minimum Gasteiger partial charge on any atom is -0.487 e. The van der Waals surface area contributed by atoms with E-state index in [2.05, 4.69) is 73.0 Å². The highest BCUT2D eigenvalue weighted by Gasteiger charge is 2.53. The number of aryl methyl sites for hydroxylation is 2. The Morgan fingerprint density at radius 1 is 1.19 bits per heavy atom. The normalized spacial score (nSPS) is 21.8. The Balaban J connectivity index is 1.36. The van der Waals surface area contributed by atoms with E-state index in [-0.39, 0.29) is 30.5 Å². The van der Waals surface area contributed by atoms with Gasteiger partial charge in [-0.15, -0.1) is 16.4 Å². The van der Waals surface area contributed by atoms with Crippen LogP contribution in [0.25, 0.3) is 6.08 Å². The first-order chi connectivity index (χ1) is 22.5. The lowest BCUT2D eigenvalue weighted by Gasteiger charge is -2.47. The van der Waals surface area contributed by atoms with E-state index in [9.17, 15) is 4.79 Å². The minimum absolute atomic E-state index is 0.0236. The SMILES string of the molecule is CC[C@@H]1CN(Cc2cc([C@H](C(C)(C)C(=O)OCc3ccccc3)C3(C)C=Cc4c(nnn4CC)C3C)sc2C)Cc2ncccc2O1. The Hall–Kier alpha value is -3.82. The third-order valence-corrected chi connectivity index (χ3v) is 11.4. The summed E-state index contributed by atoms with van der Waals surface area (Å²) in [6.07, 6.45) is 7.32. The molecule has 0 amide bonds. The molecule has 0 saturated carbocycles. The third-order valence-electron chi connectivity index (χ3n) is 10.3. The zero-order valence-electron chi connectivity index (χ0n) is 28.7. The Kier molecular flexibility index (Phi) is 9.40. The fourth-order valence-electron chi connectivity index (χ4n) is 7.41. The summed E-state index contributed by atoms with van der Waals surface area (Å²) in [7, 11) is 0. The summed E-state index contributed by atoms with van der Waals surface area (Å²) in [5.41, 5.74) is 3.96. The van der Waals surface area contributed by atoms with Crippen molar-refractivity contribution in [2.45, 2.75) is 99.1 Å². The smallest absolute Gasteiger partial charge is 0.312 e. The fraction of sp³-hybridized carbons (Fsp3) is 0.474. The van der Waals surface area contributed by atoms with Crippen LogP contribution >= 0.6 is 11.3 Å². The van der Waals surface area contributed by atoms with Crippen LogP contribution in [0.2, 0.25) is 0 Å². The predicted octanol–water partition coefficient (Wildman–Crippen LogP) is 7.93. The number of thiophene rings is 1. The van der Waals surface area contributed by atoms with Gasteiger partial charge in [-0.05, 0) is 69.5 Å². The molecule has 0 spiro atoms. The number of nitrogens with zero attached hydrogens (tertiary/aromatic N) is 5. The van der Waals surface area contributed by atoms with Gasteiger partial charge in [0, 0.05) is 59.4 Å². The highest BCUT2D eigenvalue weighted by Crippen LogP contribution is 2.59. The Bertz CT molecular complexity index is 1740. The van der Waals surface area contributed by atoms with Crippen LogP contribution in [0.4, 0.5) is 0 Å². The molecule has 2 unspecified atom stereocenters. The van der Waals surface area contributed by atoms with Crippen LogP contribution in [0.5, 0.6) is 5.75 Å². The van der Waals surface area contributed by atoms with E-state index in [1.54, 1.807) is 11.3 Å². The van der Waals surface area contributed by atoms with Gasteiger partial charge in [0.15, 0.2) is 0 Å². The van der Waals surface area contributed by atoms with E-state index >= 15 is 0 Å². The van der Waals surface area contributed by atoms with E-state index in [1.807, 2.05) is 67.2 Å². The molecule has 0 radical (unpaired) electrons. The molecule has 47 heavy (non-hydrogen) atoms. The van der Waals surface area contributed by atoms with Gasteiger partial charge in [-0.2, -0.15) is 0 Å². The highest BCUT2D eigenvalue weighted by molar-refractivity contribution is 7.12. The summed E-state index contributed by atoms with van der Waals surface area (Å²) >= 11 is 1.80. The number of hydrogen-bond donors (Lipinski definition) is 0. The summed E-state index contributed by atoms with van der Waals surface area (Å²) < 4.78 is 14.4. The van der Waals surface area contributed by atoms with Gasteiger partial charge in [0.05, 0.1) is 22.5 Å². The number of carbonyl (C=O) groups is 1. The predicted molar refractivity (Wildman–Crippen MR) is 186 cm³/mol. The number of aromatic nitrogens is 4. The molecular formula is C38H47N5O3S. The van der Waals surface area contributed by atoms with Gasteiger partial charge in [0.2, 0.25) is 0 Å². The zero-order chi connectivity index (χ0) is 33.3. The largest absolute Gasteiger partial charge is 0.487 e. The fourth-order valence-corrected chi connectivity index (χ4v) is 8.88. The minimum atomic E-state index is -0.846. The number of fused-ring (bicyclic) bond motifs is 2. The van der Waals surface area contributed by atoms with Crippen molar-refractivity contribution in [3.05, 3.63) is 98.8 Å². The molecule has 1 aromatic carbocycles. The molecular weight excluding hydrogens is 607 g/mol. The van der Waals surface area contributed by atoms with Gasteiger partial charge in [0.25, 0.3) is 0 Å². The second-order valence-corrected chi connectivity index (χ2v) is 15.1. The van der Waals surface area contributed by atoms with Gasteiger partial charge in [-0.25, -0.2) is 4.68 Å². The van der Waals surface area contributed by atoms with Crippen molar-refractivity contribution in [1.82, 2.24) is 24.9 Å². The van der Waals surface area contributed by atoms with Crippen LogP contribution in [0.1, 0.15) is 97.8 Å². The number of hydrogen-bond acceptors (Lipinski definition) is 8. The lowest BCUT2D eigenvalue weighted by Crippen LogP contribution is -2.44. The summed E-state index contributed by atoms with van der Waals surface area (Å²) in [5, 5.41) is 9.10. The van der Waals surface area contributed by atoms with Crippen LogP contribution in [-0.4, -0.2) is 43.5 Å². The molecule has 1 aliphatic carbocycles. The van der Waals surface area contributed by atoms with Crippen molar-refractivity contribution in [3.8, 4) is 5.75 Å². The van der Waals surface area contributed by atoms with Crippen molar-refractivity contribution in [2.75, 3.05) is 6.54 Å². The molecule has 0 bridgehead atoms. The Labute approximate surface area is 282 Å². The summed E-state index contributed by atoms with van der Waals surface area (Å²) in [4.78, 5) is 23.7. The summed E-state index contributed by atoms with van der Waals surface area (Å²) in [6, 6.07) is 16.2. The molecule has 6 rings (SSSR count).